The molecule has 0 unspecified atom stereocenters. The molecule has 6 rings (SSSR count). The lowest BCUT2D eigenvalue weighted by Crippen LogP contribution is -2.75. The Labute approximate surface area is 405 Å². The predicted molar refractivity (Wildman–Crippen MR) is 219 cm³/mol. The van der Waals surface area contributed by atoms with Crippen molar-refractivity contribution < 1.29 is 115 Å². The van der Waals surface area contributed by atoms with Crippen molar-refractivity contribution in [2.24, 2.45) is 0 Å². The Kier molecular flexibility index (Phi) is 16.2. The molecule has 0 atom stereocenters. The van der Waals surface area contributed by atoms with Gasteiger partial charge in [0.05, 0.1) is 50.7 Å². The van der Waals surface area contributed by atoms with Gasteiger partial charge < -0.3 is 0 Å². The number of aromatic nitrogens is 2. The third-order valence-electron chi connectivity index (χ3n) is 11.0. The van der Waals surface area contributed by atoms with Gasteiger partial charge >= 0.3 is 49.4 Å². The van der Waals surface area contributed by atoms with Gasteiger partial charge in [0.2, 0.25) is 12.3 Å². The van der Waals surface area contributed by atoms with Crippen LogP contribution in [0.5, 0.6) is 0 Å². The fourth-order valence-electron chi connectivity index (χ4n) is 7.79. The van der Waals surface area contributed by atoms with E-state index in [-0.39, 0.29) is 5.78 Å². The van der Waals surface area contributed by atoms with Crippen LogP contribution < -0.4 is 26.4 Å². The normalized spacial score (nSPS) is 13.3. The van der Waals surface area contributed by atoms with Crippen molar-refractivity contribution in [2.75, 3.05) is 0 Å². The number of Topliss-reactive ketones (excluding diaryl/α,β-unsaturated/α-hetero) is 1. The summed E-state index contributed by atoms with van der Waals surface area (Å²) in [5.41, 5.74) is -28.6. The van der Waals surface area contributed by atoms with Crippen molar-refractivity contribution in [3.8, 4) is 0 Å². The second kappa shape index (κ2) is 20.6. The summed E-state index contributed by atoms with van der Waals surface area (Å²) in [5, 5.41) is 0. The highest BCUT2D eigenvalue weighted by molar-refractivity contribution is 7.20. The third kappa shape index (κ3) is 14.0. The van der Waals surface area contributed by atoms with Crippen LogP contribution in [0.25, 0.3) is 0 Å². The molecule has 0 saturated heterocycles. The molecule has 0 aliphatic rings. The van der Waals surface area contributed by atoms with Crippen LogP contribution in [0, 0.1) is 0 Å². The molecule has 6 aromatic rings. The minimum absolute atomic E-state index is 0.0938. The number of rotatable bonds is 9. The average molecular weight is 1100 g/mol. The minimum Gasteiger partial charge on any atom is -0.287 e. The number of hydrogen-bond acceptors (Lipinski definition) is 2. The Morgan fingerprint density at radius 1 is 0.440 bits per heavy atom. The summed E-state index contributed by atoms with van der Waals surface area (Å²) in [7, 11) is 0. The lowest BCUT2D eigenvalue weighted by Gasteiger charge is -2.46. The molecule has 1 aromatic heterocycles. The zero-order valence-corrected chi connectivity index (χ0v) is 36.7. The number of hydrogen-bond donors (Lipinski definition) is 0. The lowest BCUT2D eigenvalue weighted by atomic mass is 9.12. The summed E-state index contributed by atoms with van der Waals surface area (Å²) in [6.45, 7) is 4.01. The van der Waals surface area contributed by atoms with Gasteiger partial charge in [0.25, 0.3) is 0 Å². The number of nitrogens with zero attached hydrogens (tertiary/aromatic N) is 2. The number of halogens is 24. The fourth-order valence-corrected chi connectivity index (χ4v) is 7.79. The Bertz CT molecular complexity index is 2600. The summed E-state index contributed by atoms with van der Waals surface area (Å²) < 4.78 is 343. The Morgan fingerprint density at radius 2 is 0.707 bits per heavy atom. The van der Waals surface area contributed by atoms with E-state index in [0.717, 1.165) is 11.3 Å². The first-order valence-electron chi connectivity index (χ1n) is 20.4. The van der Waals surface area contributed by atoms with Crippen molar-refractivity contribution in [1.82, 2.24) is 4.98 Å². The van der Waals surface area contributed by atoms with E-state index in [9.17, 15) is 110 Å². The third-order valence-corrected chi connectivity index (χ3v) is 11.0. The van der Waals surface area contributed by atoms with Gasteiger partial charge in [0, 0.05) is 12.0 Å². The maximum absolute atomic E-state index is 14.2. The van der Waals surface area contributed by atoms with Crippen LogP contribution in [0.1, 0.15) is 60.6 Å². The standard InChI is InChI=1S/C32H12BF24.C15H15N2O/c34-25(35,36)13-1-14(26(37,38)39)6-21(5-13)33(22-7-15(27(40,41)42)2-16(8-22)28(43,44)45,23-9-17(29(46,47)48)3-18(10-23)30(49,50)51)24-11-19(31(52,53)54)4-20(12-24)32(55,56)57;1-2-6-14-11-17(10-9-16-14)12-15(18)13-7-4-3-5-8-13/h1-12H;2-5,7-11H,1,6,12H2/q-1;+1. The molecule has 0 aliphatic carbocycles. The van der Waals surface area contributed by atoms with Crippen LogP contribution >= 0.6 is 0 Å². The number of carbonyl (C=O) groups is 1. The quantitative estimate of drug-likeness (QED) is 0.0475. The molecule has 0 bridgehead atoms. The molecule has 0 aliphatic heterocycles. The second-order valence-corrected chi connectivity index (χ2v) is 16.2. The van der Waals surface area contributed by atoms with E-state index in [1.165, 1.54) is 0 Å². The number of carbonyl (C=O) groups excluding carboxylic acids is 1. The minimum atomic E-state index is -6.13. The van der Waals surface area contributed by atoms with Crippen molar-refractivity contribution in [1.29, 1.82) is 0 Å². The summed E-state index contributed by atoms with van der Waals surface area (Å²) >= 11 is 0. The highest BCUT2D eigenvalue weighted by Gasteiger charge is 2.47. The van der Waals surface area contributed by atoms with Crippen LogP contribution in [0.15, 0.2) is 134 Å². The molecule has 0 amide bonds. The van der Waals surface area contributed by atoms with Crippen molar-refractivity contribution in [3.63, 3.8) is 0 Å². The largest absolute Gasteiger partial charge is 0.416 e. The number of alkyl halides is 24. The van der Waals surface area contributed by atoms with Gasteiger partial charge in [-0.15, -0.1) is 6.58 Å². The highest BCUT2D eigenvalue weighted by atomic mass is 19.4. The maximum Gasteiger partial charge on any atom is 0.416 e. The molecule has 0 saturated carbocycles. The van der Waals surface area contributed by atoms with Crippen molar-refractivity contribution in [3.05, 3.63) is 190 Å². The smallest absolute Gasteiger partial charge is 0.287 e. The van der Waals surface area contributed by atoms with E-state index in [4.69, 9.17) is 0 Å². The first-order chi connectivity index (χ1) is 34.1. The molecule has 0 spiro atoms. The van der Waals surface area contributed by atoms with E-state index in [2.05, 4.69) is 11.6 Å². The second-order valence-electron chi connectivity index (χ2n) is 16.2. The summed E-state index contributed by atoms with van der Waals surface area (Å²) in [6.07, 6.45) is -46.9. The monoisotopic (exact) mass is 1100 g/mol. The maximum atomic E-state index is 14.2. The van der Waals surface area contributed by atoms with Gasteiger partial charge in [-0.05, 0) is 24.3 Å². The number of benzene rings is 5. The summed E-state index contributed by atoms with van der Waals surface area (Å²) in [4.78, 5) is 16.2. The molecule has 3 nitrogen and oxygen atoms in total. The van der Waals surface area contributed by atoms with Crippen LogP contribution in [0.4, 0.5) is 105 Å². The molecule has 1 heterocycles. The molecule has 5 aromatic carbocycles. The first kappa shape index (κ1) is 58.9. The summed E-state index contributed by atoms with van der Waals surface area (Å²) in [6, 6.07) is 0.485. The SMILES string of the molecule is C=CCc1c[n+](CC(=O)c2ccccc2)ccn1.FC(F)(F)c1cc([B-](c2cc(C(F)(F)F)cc(C(F)(F)F)c2)(c2cc(C(F)(F)F)cc(C(F)(F)F)c2)c2cc(C(F)(F)F)cc(C(F)(F)F)c2)cc(C(F)(F)F)c1. The van der Waals surface area contributed by atoms with E-state index >= 15 is 0 Å². The van der Waals surface area contributed by atoms with Gasteiger partial charge in [0.15, 0.2) is 12.4 Å². The molecule has 0 fully saturated rings. The zero-order chi connectivity index (χ0) is 56.7. The molecular weight excluding hydrogens is 1080 g/mol. The van der Waals surface area contributed by atoms with Gasteiger partial charge in [-0.1, -0.05) is 84.9 Å². The van der Waals surface area contributed by atoms with Gasteiger partial charge in [0.1, 0.15) is 11.8 Å². The van der Waals surface area contributed by atoms with Crippen LogP contribution in [-0.2, 0) is 62.4 Å². The van der Waals surface area contributed by atoms with Crippen LogP contribution in [0.3, 0.4) is 0 Å². The van der Waals surface area contributed by atoms with E-state index in [1.807, 2.05) is 41.1 Å². The molecule has 28 heteroatoms. The fraction of sp³-hybridized carbons (Fsp3) is 0.213. The van der Waals surface area contributed by atoms with Crippen LogP contribution in [-0.4, -0.2) is 16.9 Å². The van der Waals surface area contributed by atoms with Crippen LogP contribution in [0.2, 0.25) is 0 Å². The molecule has 0 radical (unpaired) electrons. The van der Waals surface area contributed by atoms with Gasteiger partial charge in [-0.3, -0.25) is 4.79 Å². The van der Waals surface area contributed by atoms with E-state index < -0.39 is 195 Å². The highest BCUT2D eigenvalue weighted by Crippen LogP contribution is 2.41. The van der Waals surface area contributed by atoms with E-state index in [0.29, 0.717) is 13.0 Å². The topological polar surface area (TPSA) is 33.8 Å². The number of allylic oxidation sites excluding steroid dienone is 1. The van der Waals surface area contributed by atoms with Gasteiger partial charge in [-0.25, -0.2) is 4.98 Å². The molecule has 402 valence electrons. The lowest BCUT2D eigenvalue weighted by molar-refractivity contribution is -0.684. The zero-order valence-electron chi connectivity index (χ0n) is 36.7. The average Bonchev–Trinajstić information content (AvgIpc) is 3.27. The first-order valence-corrected chi connectivity index (χ1v) is 20.4. The Hall–Kier alpha value is -7.03. The Morgan fingerprint density at radius 3 is 0.947 bits per heavy atom. The molecule has 75 heavy (non-hydrogen) atoms. The predicted octanol–water partition coefficient (Wildman–Crippen LogP) is 13.2. The van der Waals surface area contributed by atoms with Gasteiger partial charge in [-0.2, -0.15) is 132 Å². The van der Waals surface area contributed by atoms with Crippen molar-refractivity contribution >= 4 is 33.8 Å². The van der Waals surface area contributed by atoms with E-state index in [1.54, 1.807) is 18.5 Å². The number of ketones is 1. The van der Waals surface area contributed by atoms with Crippen molar-refractivity contribution in [2.45, 2.75) is 62.4 Å². The summed E-state index contributed by atoms with van der Waals surface area (Å²) in [5.74, 6) is 0.0938. The molecular formula is C47H27BF24N2O. The Balaban J connectivity index is 0.000000483. The molecule has 0 N–H and O–H groups in total.